The Morgan fingerprint density at radius 1 is 1.44 bits per heavy atom. The van der Waals surface area contributed by atoms with Gasteiger partial charge in [0.25, 0.3) is 0 Å². The Morgan fingerprint density at radius 2 is 2.24 bits per heavy atom. The van der Waals surface area contributed by atoms with Gasteiger partial charge in [0.1, 0.15) is 17.1 Å². The van der Waals surface area contributed by atoms with Gasteiger partial charge in [-0.1, -0.05) is 25.7 Å². The maximum absolute atomic E-state index is 11.5. The molecule has 1 aliphatic heterocycles. The summed E-state index contributed by atoms with van der Waals surface area (Å²) >= 11 is 0. The van der Waals surface area contributed by atoms with E-state index >= 15 is 0 Å². The number of hydrogen-bond donors (Lipinski definition) is 2. The molecule has 1 aromatic rings. The van der Waals surface area contributed by atoms with E-state index in [-0.39, 0.29) is 40.9 Å². The number of carboxylic acid groups (broad SMARTS) is 1. The fourth-order valence-electron chi connectivity index (χ4n) is 3.92. The number of ether oxygens (including phenoxy) is 1. The molecule has 0 saturated heterocycles. The molecule has 0 radical (unpaired) electrons. The van der Waals surface area contributed by atoms with Crippen LogP contribution in [-0.2, 0) is 11.2 Å². The van der Waals surface area contributed by atoms with E-state index in [1.54, 1.807) is 6.08 Å². The number of phenols is 1. The molecular formula is C21H28O4. The molecule has 2 atom stereocenters. The first kappa shape index (κ1) is 9.65. The third-order valence-electron chi connectivity index (χ3n) is 5.08. The van der Waals surface area contributed by atoms with Gasteiger partial charge >= 0.3 is 5.97 Å². The minimum Gasteiger partial charge on any atom is -0.508 e. The van der Waals surface area contributed by atoms with E-state index in [0.717, 1.165) is 0 Å². The van der Waals surface area contributed by atoms with Crippen molar-refractivity contribution < 1.29 is 32.1 Å². The average Bonchev–Trinajstić information content (AvgIpc) is 2.65. The topological polar surface area (TPSA) is 66.8 Å². The van der Waals surface area contributed by atoms with Crippen LogP contribution in [0.15, 0.2) is 23.8 Å². The molecule has 2 N–H and O–H groups in total. The van der Waals surface area contributed by atoms with E-state index in [2.05, 4.69) is 0 Å². The second kappa shape index (κ2) is 6.74. The van der Waals surface area contributed by atoms with Crippen molar-refractivity contribution in [2.75, 3.05) is 0 Å². The summed E-state index contributed by atoms with van der Waals surface area (Å²) in [7, 11) is 0. The van der Waals surface area contributed by atoms with E-state index in [1.165, 1.54) is 12.1 Å². The van der Waals surface area contributed by atoms with Gasteiger partial charge in [-0.2, -0.15) is 0 Å². The lowest BCUT2D eigenvalue weighted by molar-refractivity contribution is -0.133. The highest BCUT2D eigenvalue weighted by atomic mass is 16.5. The Kier molecular flexibility index (Phi) is 2.60. The first-order valence-corrected chi connectivity index (χ1v) is 8.20. The molecule has 3 rings (SSSR count). The minimum atomic E-state index is -3.48. The molecular weight excluding hydrogens is 316 g/mol. The summed E-state index contributed by atoms with van der Waals surface area (Å²) in [5.74, 6) is -1.58. The predicted molar refractivity (Wildman–Crippen MR) is 97.2 cm³/mol. The highest BCUT2D eigenvalue weighted by Gasteiger charge is 2.46. The fraction of sp³-hybridized carbons (Fsp3) is 0.571. The summed E-state index contributed by atoms with van der Waals surface area (Å²) in [4.78, 5) is 11.5. The van der Waals surface area contributed by atoms with E-state index in [0.29, 0.717) is 12.0 Å². The fourth-order valence-corrected chi connectivity index (χ4v) is 3.92. The van der Waals surface area contributed by atoms with Crippen molar-refractivity contribution in [1.29, 1.82) is 0 Å². The number of phenolic OH excluding ortho intramolecular Hbond substituents is 1. The van der Waals surface area contributed by atoms with Crippen LogP contribution in [0, 0.1) is 5.92 Å². The second-order valence-electron chi connectivity index (χ2n) is 7.02. The average molecular weight is 354 g/mol. The van der Waals surface area contributed by atoms with Gasteiger partial charge in [0.15, 0.2) is 0 Å². The number of aryl methyl sites for hydroxylation is 1. The second-order valence-corrected chi connectivity index (χ2v) is 7.02. The lowest BCUT2D eigenvalue weighted by Crippen LogP contribution is -2.45. The zero-order valence-corrected chi connectivity index (χ0v) is 14.2. The molecule has 0 aromatic heterocycles. The van der Waals surface area contributed by atoms with E-state index in [9.17, 15) is 15.0 Å². The van der Waals surface area contributed by atoms with Crippen molar-refractivity contribution in [3.05, 3.63) is 34.9 Å². The number of hydrogen-bond acceptors (Lipinski definition) is 3. The van der Waals surface area contributed by atoms with Gasteiger partial charge in [0.2, 0.25) is 0 Å². The van der Waals surface area contributed by atoms with Crippen LogP contribution in [0.4, 0.5) is 0 Å². The van der Waals surface area contributed by atoms with Crippen molar-refractivity contribution >= 4 is 5.97 Å². The lowest BCUT2D eigenvalue weighted by atomic mass is 9.67. The summed E-state index contributed by atoms with van der Waals surface area (Å²) in [5, 5.41) is 20.3. The van der Waals surface area contributed by atoms with Crippen LogP contribution >= 0.6 is 0 Å². The predicted octanol–water partition coefficient (Wildman–Crippen LogP) is 4.80. The SMILES string of the molecule is [2H]C([2H])([2H])C([2H])([2H])C([2H])([2H])C([2H])([2H])Cc1cc(O)c2c(c1)OC(C)(C)[C@@H]1CC=C(C(=O)O)C[C@@H]21. The van der Waals surface area contributed by atoms with Gasteiger partial charge < -0.3 is 14.9 Å². The molecule has 0 amide bonds. The molecule has 0 unspecified atom stereocenters. The molecule has 0 bridgehead atoms. The maximum atomic E-state index is 11.5. The van der Waals surface area contributed by atoms with E-state index in [4.69, 9.17) is 17.1 Å². The van der Waals surface area contributed by atoms with Gasteiger partial charge in [-0.25, -0.2) is 4.79 Å². The number of carbonyl (C=O) groups is 1. The molecule has 0 spiro atoms. The normalized spacial score (nSPS) is 31.4. The lowest BCUT2D eigenvalue weighted by Gasteiger charge is -2.46. The van der Waals surface area contributed by atoms with Crippen LogP contribution in [0.25, 0.3) is 0 Å². The molecule has 4 heteroatoms. The third-order valence-corrected chi connectivity index (χ3v) is 5.08. The molecule has 2 aliphatic rings. The number of aromatic hydroxyl groups is 1. The molecule has 0 fully saturated rings. The maximum Gasteiger partial charge on any atom is 0.331 e. The Morgan fingerprint density at radius 3 is 2.96 bits per heavy atom. The summed E-state index contributed by atoms with van der Waals surface area (Å²) in [5.41, 5.74) is -0.0352. The first-order chi connectivity index (χ1) is 15.2. The van der Waals surface area contributed by atoms with Crippen LogP contribution in [0.1, 0.15) is 82.0 Å². The Balaban J connectivity index is 2.02. The number of carboxylic acids is 1. The number of fused-ring (bicyclic) bond motifs is 3. The molecule has 1 aromatic carbocycles. The standard InChI is InChI=1S/C21H28O4/c1-4-5-6-7-13-10-17(22)19-15-12-14(20(23)24)8-9-16(15)21(2,3)25-18(19)11-13/h8,10-11,15-16,22H,4-7,9,12H2,1-3H3,(H,23,24)/t15-,16-/m1/s1/i1D3,4D2,5D2,6D2. The van der Waals surface area contributed by atoms with Gasteiger partial charge in [0, 0.05) is 35.3 Å². The van der Waals surface area contributed by atoms with Crippen LogP contribution in [0.2, 0.25) is 0 Å². The summed E-state index contributed by atoms with van der Waals surface area (Å²) in [6, 6.07) is 2.64. The van der Waals surface area contributed by atoms with Gasteiger partial charge in [0.05, 0.1) is 0 Å². The van der Waals surface area contributed by atoms with Crippen molar-refractivity contribution in [3.8, 4) is 11.5 Å². The molecule has 4 nitrogen and oxygen atoms in total. The Hall–Kier alpha value is -1.97. The number of rotatable bonds is 5. The summed E-state index contributed by atoms with van der Waals surface area (Å²) in [6.07, 6.45) is -8.29. The quantitative estimate of drug-likeness (QED) is 0.798. The van der Waals surface area contributed by atoms with Gasteiger partial charge in [-0.3, -0.25) is 0 Å². The van der Waals surface area contributed by atoms with Crippen molar-refractivity contribution in [3.63, 3.8) is 0 Å². The molecule has 136 valence electrons. The number of allylic oxidation sites excluding steroid dienone is 1. The number of aliphatic carboxylic acids is 1. The highest BCUT2D eigenvalue weighted by molar-refractivity contribution is 5.87. The van der Waals surface area contributed by atoms with Crippen LogP contribution < -0.4 is 4.74 Å². The summed E-state index contributed by atoms with van der Waals surface area (Å²) < 4.78 is 76.1. The van der Waals surface area contributed by atoms with Crippen LogP contribution in [0.5, 0.6) is 11.5 Å². The molecule has 1 heterocycles. The Labute approximate surface area is 162 Å². The van der Waals surface area contributed by atoms with Crippen molar-refractivity contribution in [1.82, 2.24) is 0 Å². The largest absolute Gasteiger partial charge is 0.508 e. The molecule has 1 aliphatic carbocycles. The van der Waals surface area contributed by atoms with Gasteiger partial charge in [-0.05, 0) is 57.2 Å². The van der Waals surface area contributed by atoms with E-state index < -0.39 is 44.0 Å². The van der Waals surface area contributed by atoms with E-state index in [1.807, 2.05) is 13.8 Å². The monoisotopic (exact) mass is 353 g/mol. The van der Waals surface area contributed by atoms with Crippen molar-refractivity contribution in [2.45, 2.75) is 70.6 Å². The van der Waals surface area contributed by atoms with Crippen LogP contribution in [0.3, 0.4) is 0 Å². The van der Waals surface area contributed by atoms with Crippen LogP contribution in [-0.4, -0.2) is 21.8 Å². The smallest absolute Gasteiger partial charge is 0.331 e. The summed E-state index contributed by atoms with van der Waals surface area (Å²) in [6.45, 7) is 0.264. The van der Waals surface area contributed by atoms with Gasteiger partial charge in [-0.15, -0.1) is 0 Å². The zero-order valence-electron chi connectivity index (χ0n) is 23.2. The minimum absolute atomic E-state index is 0.0885. The first-order valence-electron chi connectivity index (χ1n) is 12.7. The zero-order chi connectivity index (χ0) is 26.1. The molecule has 25 heavy (non-hydrogen) atoms. The third kappa shape index (κ3) is 3.39. The Bertz CT molecular complexity index is 1030. The van der Waals surface area contributed by atoms with Crippen molar-refractivity contribution in [2.24, 2.45) is 5.92 Å². The molecule has 0 saturated carbocycles. The number of benzene rings is 1. The highest BCUT2D eigenvalue weighted by Crippen LogP contribution is 2.54.